The zero-order valence-electron chi connectivity index (χ0n) is 11.1. The molecule has 1 unspecified atom stereocenters. The van der Waals surface area contributed by atoms with Crippen molar-refractivity contribution in [2.75, 3.05) is 6.54 Å². The van der Waals surface area contributed by atoms with Crippen LogP contribution >= 0.6 is 15.9 Å². The smallest absolute Gasteiger partial charge is 0.225 e. The molecule has 2 fully saturated rings. The normalized spacial score (nSPS) is 23.9. The summed E-state index contributed by atoms with van der Waals surface area (Å²) < 4.78 is 1.04. The minimum atomic E-state index is -0.181. The average molecular weight is 337 g/mol. The summed E-state index contributed by atoms with van der Waals surface area (Å²) in [5.41, 5.74) is 0.980. The fourth-order valence-corrected chi connectivity index (χ4v) is 2.94. The van der Waals surface area contributed by atoms with Crippen LogP contribution in [0.5, 0.6) is 0 Å². The van der Waals surface area contributed by atoms with Crippen LogP contribution in [0.1, 0.15) is 31.2 Å². The molecule has 1 saturated carbocycles. The first-order valence-corrected chi connectivity index (χ1v) is 7.73. The maximum absolute atomic E-state index is 12.3. The van der Waals surface area contributed by atoms with E-state index in [0.717, 1.165) is 22.9 Å². The van der Waals surface area contributed by atoms with Crippen LogP contribution < -0.4 is 10.6 Å². The summed E-state index contributed by atoms with van der Waals surface area (Å²) in [6.45, 7) is 0.459. The minimum absolute atomic E-state index is 0.0445. The number of hydrogen-bond donors (Lipinski definition) is 2. The van der Waals surface area contributed by atoms with E-state index in [1.807, 2.05) is 12.1 Å². The third-order valence-electron chi connectivity index (χ3n) is 4.15. The molecule has 2 N–H and O–H groups in total. The largest absolute Gasteiger partial charge is 0.355 e. The fourth-order valence-electron chi connectivity index (χ4n) is 2.67. The molecule has 1 atom stereocenters. The zero-order chi connectivity index (χ0) is 14.2. The van der Waals surface area contributed by atoms with Gasteiger partial charge in [0, 0.05) is 17.4 Å². The molecule has 3 rings (SSSR count). The standard InChI is InChI=1S/C15H17BrN2O2/c16-12-4-2-11(3-5-12)15(7-8-15)18-14(20)10-1-6-13(19)17-9-10/h2-5,10H,1,6-9H2,(H,17,19)(H,18,20). The summed E-state index contributed by atoms with van der Waals surface area (Å²) in [6.07, 6.45) is 3.07. The Morgan fingerprint density at radius 1 is 1.30 bits per heavy atom. The average Bonchev–Trinajstić information content (AvgIpc) is 3.21. The van der Waals surface area contributed by atoms with Crippen LogP contribution in [-0.4, -0.2) is 18.4 Å². The van der Waals surface area contributed by atoms with E-state index in [-0.39, 0.29) is 23.3 Å². The van der Waals surface area contributed by atoms with Crippen LogP contribution in [0.15, 0.2) is 28.7 Å². The van der Waals surface area contributed by atoms with Gasteiger partial charge in [0.1, 0.15) is 0 Å². The van der Waals surface area contributed by atoms with Gasteiger partial charge in [-0.25, -0.2) is 0 Å². The van der Waals surface area contributed by atoms with Crippen LogP contribution in [0.3, 0.4) is 0 Å². The van der Waals surface area contributed by atoms with Crippen molar-refractivity contribution in [3.63, 3.8) is 0 Å². The van der Waals surface area contributed by atoms with E-state index in [2.05, 4.69) is 38.7 Å². The van der Waals surface area contributed by atoms with E-state index in [4.69, 9.17) is 0 Å². The molecule has 106 valence electrons. The van der Waals surface area contributed by atoms with Gasteiger partial charge in [-0.05, 0) is 37.0 Å². The van der Waals surface area contributed by atoms with Crippen molar-refractivity contribution >= 4 is 27.7 Å². The molecule has 0 bridgehead atoms. The van der Waals surface area contributed by atoms with E-state index in [9.17, 15) is 9.59 Å². The molecule has 0 aromatic heterocycles. The number of halogens is 1. The number of hydrogen-bond acceptors (Lipinski definition) is 2. The van der Waals surface area contributed by atoms with Crippen molar-refractivity contribution in [3.05, 3.63) is 34.3 Å². The molecule has 1 aliphatic heterocycles. The quantitative estimate of drug-likeness (QED) is 0.887. The molecule has 20 heavy (non-hydrogen) atoms. The molecular formula is C15H17BrN2O2. The molecule has 1 saturated heterocycles. The van der Waals surface area contributed by atoms with Crippen LogP contribution in [0.25, 0.3) is 0 Å². The van der Waals surface area contributed by atoms with Gasteiger partial charge < -0.3 is 10.6 Å². The van der Waals surface area contributed by atoms with Crippen LogP contribution in [0.4, 0.5) is 0 Å². The number of carbonyl (C=O) groups is 2. The molecule has 4 nitrogen and oxygen atoms in total. The number of carbonyl (C=O) groups excluding carboxylic acids is 2. The topological polar surface area (TPSA) is 58.2 Å². The highest BCUT2D eigenvalue weighted by atomic mass is 79.9. The van der Waals surface area contributed by atoms with Gasteiger partial charge in [0.05, 0.1) is 11.5 Å². The van der Waals surface area contributed by atoms with Crippen LogP contribution in [0.2, 0.25) is 0 Å². The minimum Gasteiger partial charge on any atom is -0.355 e. The zero-order valence-corrected chi connectivity index (χ0v) is 12.7. The lowest BCUT2D eigenvalue weighted by Gasteiger charge is -2.25. The van der Waals surface area contributed by atoms with Crippen molar-refractivity contribution < 1.29 is 9.59 Å². The third kappa shape index (κ3) is 2.73. The first-order chi connectivity index (χ1) is 9.59. The lowest BCUT2D eigenvalue weighted by Crippen LogP contribution is -2.46. The summed E-state index contributed by atoms with van der Waals surface area (Å²) in [4.78, 5) is 23.5. The van der Waals surface area contributed by atoms with E-state index in [0.29, 0.717) is 19.4 Å². The maximum Gasteiger partial charge on any atom is 0.225 e. The number of piperidine rings is 1. The van der Waals surface area contributed by atoms with E-state index in [1.165, 1.54) is 0 Å². The fraction of sp³-hybridized carbons (Fsp3) is 0.467. The SMILES string of the molecule is O=C1CCC(C(=O)NC2(c3ccc(Br)cc3)CC2)CN1. The van der Waals surface area contributed by atoms with Gasteiger partial charge in [-0.3, -0.25) is 9.59 Å². The second-order valence-electron chi connectivity index (χ2n) is 5.62. The molecule has 2 amide bonds. The highest BCUT2D eigenvalue weighted by molar-refractivity contribution is 9.10. The number of benzene rings is 1. The summed E-state index contributed by atoms with van der Waals surface area (Å²) in [6, 6.07) is 8.12. The van der Waals surface area contributed by atoms with Gasteiger partial charge in [-0.15, -0.1) is 0 Å². The van der Waals surface area contributed by atoms with Gasteiger partial charge in [-0.1, -0.05) is 28.1 Å². The maximum atomic E-state index is 12.3. The summed E-state index contributed by atoms with van der Waals surface area (Å²) in [7, 11) is 0. The van der Waals surface area contributed by atoms with Crippen LogP contribution in [-0.2, 0) is 15.1 Å². The summed E-state index contributed by atoms with van der Waals surface area (Å²) in [5, 5.41) is 5.94. The molecular weight excluding hydrogens is 320 g/mol. The molecule has 0 radical (unpaired) electrons. The van der Waals surface area contributed by atoms with Crippen molar-refractivity contribution in [2.45, 2.75) is 31.2 Å². The van der Waals surface area contributed by atoms with Gasteiger partial charge in [0.25, 0.3) is 0 Å². The predicted octanol–water partition coefficient (Wildman–Crippen LogP) is 2.08. The monoisotopic (exact) mass is 336 g/mol. The highest BCUT2D eigenvalue weighted by Crippen LogP contribution is 2.46. The summed E-state index contributed by atoms with van der Waals surface area (Å²) in [5.74, 6) is 0.00846. The number of nitrogens with one attached hydrogen (secondary N) is 2. The predicted molar refractivity (Wildman–Crippen MR) is 78.9 cm³/mol. The lowest BCUT2D eigenvalue weighted by atomic mass is 9.96. The van der Waals surface area contributed by atoms with Gasteiger partial charge >= 0.3 is 0 Å². The van der Waals surface area contributed by atoms with Gasteiger partial charge in [0.2, 0.25) is 11.8 Å². The summed E-state index contributed by atoms with van der Waals surface area (Å²) >= 11 is 3.42. The second-order valence-corrected chi connectivity index (χ2v) is 6.53. The third-order valence-corrected chi connectivity index (χ3v) is 4.67. The molecule has 2 aliphatic rings. The van der Waals surface area contributed by atoms with Gasteiger partial charge in [-0.2, -0.15) is 0 Å². The Morgan fingerprint density at radius 2 is 2.00 bits per heavy atom. The Hall–Kier alpha value is -1.36. The Balaban J connectivity index is 1.66. The molecule has 1 aliphatic carbocycles. The first kappa shape index (κ1) is 13.6. The molecule has 1 aromatic carbocycles. The number of amides is 2. The number of rotatable bonds is 3. The van der Waals surface area contributed by atoms with Crippen molar-refractivity contribution in [3.8, 4) is 0 Å². The molecule has 1 aromatic rings. The second kappa shape index (κ2) is 5.20. The Labute approximate surface area is 126 Å². The van der Waals surface area contributed by atoms with E-state index >= 15 is 0 Å². The van der Waals surface area contributed by atoms with Crippen molar-refractivity contribution in [2.24, 2.45) is 5.92 Å². The van der Waals surface area contributed by atoms with E-state index in [1.54, 1.807) is 0 Å². The first-order valence-electron chi connectivity index (χ1n) is 6.94. The Bertz CT molecular complexity index is 527. The lowest BCUT2D eigenvalue weighted by molar-refractivity contribution is -0.129. The van der Waals surface area contributed by atoms with Gasteiger partial charge in [0.15, 0.2) is 0 Å². The van der Waals surface area contributed by atoms with E-state index < -0.39 is 0 Å². The van der Waals surface area contributed by atoms with Crippen molar-refractivity contribution in [1.82, 2.24) is 10.6 Å². The Morgan fingerprint density at radius 3 is 2.55 bits per heavy atom. The Kier molecular flexibility index (Phi) is 3.54. The van der Waals surface area contributed by atoms with Crippen molar-refractivity contribution in [1.29, 1.82) is 0 Å². The highest BCUT2D eigenvalue weighted by Gasteiger charge is 2.46. The molecule has 0 spiro atoms. The van der Waals surface area contributed by atoms with Crippen LogP contribution in [0, 0.1) is 5.92 Å². The molecule has 5 heteroatoms. The molecule has 1 heterocycles.